The molecule has 0 radical (unpaired) electrons. The van der Waals surface area contributed by atoms with E-state index in [4.69, 9.17) is 5.73 Å². The van der Waals surface area contributed by atoms with Gasteiger partial charge in [-0.3, -0.25) is 4.79 Å². The first-order chi connectivity index (χ1) is 9.11. The average molecular weight is 260 g/mol. The van der Waals surface area contributed by atoms with E-state index < -0.39 is 0 Å². The van der Waals surface area contributed by atoms with Crippen molar-refractivity contribution in [1.29, 1.82) is 0 Å². The summed E-state index contributed by atoms with van der Waals surface area (Å²) in [5.74, 6) is 1.47. The van der Waals surface area contributed by atoms with Gasteiger partial charge < -0.3 is 10.6 Å². The summed E-state index contributed by atoms with van der Waals surface area (Å²) in [6.45, 7) is 6.44. The quantitative estimate of drug-likeness (QED) is 0.902. The molecule has 0 unspecified atom stereocenters. The van der Waals surface area contributed by atoms with Crippen LogP contribution in [0.1, 0.15) is 31.7 Å². The zero-order chi connectivity index (χ0) is 13.8. The Hall–Kier alpha value is -1.35. The maximum atomic E-state index is 12.2. The first-order valence-corrected chi connectivity index (χ1v) is 7.14. The molecule has 0 saturated carbocycles. The van der Waals surface area contributed by atoms with E-state index in [-0.39, 0.29) is 5.91 Å². The summed E-state index contributed by atoms with van der Waals surface area (Å²) in [5.41, 5.74) is 7.19. The summed E-state index contributed by atoms with van der Waals surface area (Å²) in [6.07, 6.45) is 0.638. The summed E-state index contributed by atoms with van der Waals surface area (Å²) >= 11 is 0. The van der Waals surface area contributed by atoms with Crippen LogP contribution in [0, 0.1) is 11.8 Å². The fraction of sp³-hybridized carbons (Fsp3) is 0.562. The van der Waals surface area contributed by atoms with Crippen LogP contribution < -0.4 is 5.73 Å². The van der Waals surface area contributed by atoms with Crippen molar-refractivity contribution in [3.8, 4) is 0 Å². The highest BCUT2D eigenvalue weighted by molar-refractivity contribution is 5.76. The average Bonchev–Trinajstić information content (AvgIpc) is 2.83. The molecule has 2 N–H and O–H groups in total. The van der Waals surface area contributed by atoms with Crippen LogP contribution in [0.3, 0.4) is 0 Å². The molecule has 3 heteroatoms. The third-order valence-electron chi connectivity index (χ3n) is 3.91. The lowest BCUT2D eigenvalue weighted by atomic mass is 9.89. The minimum atomic E-state index is 0.270. The predicted octanol–water partition coefficient (Wildman–Crippen LogP) is 2.23. The van der Waals surface area contributed by atoms with E-state index in [1.807, 2.05) is 11.0 Å². The van der Waals surface area contributed by atoms with Crippen LogP contribution in [-0.2, 0) is 4.79 Å². The second kappa shape index (κ2) is 6.20. The van der Waals surface area contributed by atoms with E-state index in [0.717, 1.165) is 13.1 Å². The largest absolute Gasteiger partial charge is 0.342 e. The van der Waals surface area contributed by atoms with Gasteiger partial charge in [0.25, 0.3) is 0 Å². The fourth-order valence-electron chi connectivity index (χ4n) is 2.87. The van der Waals surface area contributed by atoms with Gasteiger partial charge in [0.2, 0.25) is 5.91 Å². The number of likely N-dealkylation sites (tertiary alicyclic amines) is 1. The Kier molecular flexibility index (Phi) is 4.59. The van der Waals surface area contributed by atoms with Crippen LogP contribution in [0.4, 0.5) is 0 Å². The molecular formula is C16H24N2O. The number of hydrogen-bond donors (Lipinski definition) is 1. The van der Waals surface area contributed by atoms with Crippen molar-refractivity contribution in [2.24, 2.45) is 17.6 Å². The van der Waals surface area contributed by atoms with Crippen LogP contribution in [0.25, 0.3) is 0 Å². The van der Waals surface area contributed by atoms with E-state index in [1.165, 1.54) is 5.56 Å². The lowest BCUT2D eigenvalue weighted by molar-refractivity contribution is -0.131. The SMILES string of the molecule is CC(C)CC(=O)N1C[C@@H](CN)[C@H](c2ccccc2)C1. The van der Waals surface area contributed by atoms with Gasteiger partial charge in [0.15, 0.2) is 0 Å². The number of carbonyl (C=O) groups is 1. The molecule has 1 aromatic rings. The monoisotopic (exact) mass is 260 g/mol. The number of nitrogens with two attached hydrogens (primary N) is 1. The van der Waals surface area contributed by atoms with E-state index in [9.17, 15) is 4.79 Å². The Balaban J connectivity index is 2.08. The molecule has 0 spiro atoms. The Labute approximate surface area is 115 Å². The van der Waals surface area contributed by atoms with Gasteiger partial charge in [-0.15, -0.1) is 0 Å². The van der Waals surface area contributed by atoms with Gasteiger partial charge in [-0.1, -0.05) is 44.2 Å². The van der Waals surface area contributed by atoms with Crippen molar-refractivity contribution in [3.05, 3.63) is 35.9 Å². The van der Waals surface area contributed by atoms with E-state index in [2.05, 4.69) is 38.1 Å². The van der Waals surface area contributed by atoms with Crippen molar-refractivity contribution < 1.29 is 4.79 Å². The molecule has 1 amide bonds. The van der Waals surface area contributed by atoms with Crippen LogP contribution in [-0.4, -0.2) is 30.4 Å². The molecule has 0 aromatic heterocycles. The number of nitrogens with zero attached hydrogens (tertiary/aromatic N) is 1. The minimum Gasteiger partial charge on any atom is -0.342 e. The third kappa shape index (κ3) is 3.35. The number of amides is 1. The predicted molar refractivity (Wildman–Crippen MR) is 77.8 cm³/mol. The Bertz CT molecular complexity index is 416. The second-order valence-corrected chi connectivity index (χ2v) is 5.91. The van der Waals surface area contributed by atoms with Crippen LogP contribution >= 0.6 is 0 Å². The molecule has 104 valence electrons. The maximum Gasteiger partial charge on any atom is 0.222 e. The highest BCUT2D eigenvalue weighted by atomic mass is 16.2. The van der Waals surface area contributed by atoms with Crippen LogP contribution in [0.5, 0.6) is 0 Å². The number of benzene rings is 1. The molecule has 1 aromatic carbocycles. The van der Waals surface area contributed by atoms with Crippen molar-refractivity contribution in [1.82, 2.24) is 4.90 Å². The van der Waals surface area contributed by atoms with Gasteiger partial charge in [-0.2, -0.15) is 0 Å². The summed E-state index contributed by atoms with van der Waals surface area (Å²) in [4.78, 5) is 14.2. The van der Waals surface area contributed by atoms with E-state index in [1.54, 1.807) is 0 Å². The molecule has 3 nitrogen and oxygen atoms in total. The van der Waals surface area contributed by atoms with Gasteiger partial charge >= 0.3 is 0 Å². The Morgan fingerprint density at radius 1 is 1.32 bits per heavy atom. The van der Waals surface area contributed by atoms with E-state index in [0.29, 0.717) is 30.7 Å². The summed E-state index contributed by atoms with van der Waals surface area (Å²) in [6, 6.07) is 10.4. The first-order valence-electron chi connectivity index (χ1n) is 7.14. The summed E-state index contributed by atoms with van der Waals surface area (Å²) < 4.78 is 0. The van der Waals surface area contributed by atoms with Crippen molar-refractivity contribution in [3.63, 3.8) is 0 Å². The molecule has 2 rings (SSSR count). The lowest BCUT2D eigenvalue weighted by Gasteiger charge is -2.17. The van der Waals surface area contributed by atoms with E-state index >= 15 is 0 Å². The molecular weight excluding hydrogens is 236 g/mol. The van der Waals surface area contributed by atoms with Crippen LogP contribution in [0.15, 0.2) is 30.3 Å². The van der Waals surface area contributed by atoms with Crippen molar-refractivity contribution >= 4 is 5.91 Å². The standard InChI is InChI=1S/C16H24N2O/c1-12(2)8-16(19)18-10-14(9-17)15(11-18)13-6-4-3-5-7-13/h3-7,12,14-15H,8-11,17H2,1-2H3/t14-,15+/m1/s1. The molecule has 0 aliphatic carbocycles. The van der Waals surface area contributed by atoms with Crippen molar-refractivity contribution in [2.45, 2.75) is 26.2 Å². The van der Waals surface area contributed by atoms with Gasteiger partial charge in [0.1, 0.15) is 0 Å². The molecule has 19 heavy (non-hydrogen) atoms. The lowest BCUT2D eigenvalue weighted by Crippen LogP contribution is -2.30. The first kappa shape index (κ1) is 14.1. The van der Waals surface area contributed by atoms with Gasteiger partial charge in [0.05, 0.1) is 0 Å². The molecule has 1 aliphatic rings. The number of rotatable bonds is 4. The number of hydrogen-bond acceptors (Lipinski definition) is 2. The maximum absolute atomic E-state index is 12.2. The minimum absolute atomic E-state index is 0.270. The van der Waals surface area contributed by atoms with Crippen LogP contribution in [0.2, 0.25) is 0 Å². The zero-order valence-electron chi connectivity index (χ0n) is 11.9. The Morgan fingerprint density at radius 2 is 2.00 bits per heavy atom. The Morgan fingerprint density at radius 3 is 2.58 bits per heavy atom. The molecule has 2 atom stereocenters. The molecule has 0 bridgehead atoms. The second-order valence-electron chi connectivity index (χ2n) is 5.91. The highest BCUT2D eigenvalue weighted by Gasteiger charge is 2.35. The normalized spacial score (nSPS) is 23.1. The zero-order valence-corrected chi connectivity index (χ0v) is 11.9. The fourth-order valence-corrected chi connectivity index (χ4v) is 2.87. The third-order valence-corrected chi connectivity index (χ3v) is 3.91. The molecule has 1 saturated heterocycles. The highest BCUT2D eigenvalue weighted by Crippen LogP contribution is 2.32. The number of carbonyl (C=O) groups excluding carboxylic acids is 1. The van der Waals surface area contributed by atoms with Crippen molar-refractivity contribution in [2.75, 3.05) is 19.6 Å². The summed E-state index contributed by atoms with van der Waals surface area (Å²) in [5, 5.41) is 0. The molecule has 1 aliphatic heterocycles. The smallest absolute Gasteiger partial charge is 0.222 e. The topological polar surface area (TPSA) is 46.3 Å². The summed E-state index contributed by atoms with van der Waals surface area (Å²) in [7, 11) is 0. The van der Waals surface area contributed by atoms with Gasteiger partial charge in [-0.25, -0.2) is 0 Å². The molecule has 1 fully saturated rings. The van der Waals surface area contributed by atoms with Gasteiger partial charge in [-0.05, 0) is 23.9 Å². The van der Waals surface area contributed by atoms with Gasteiger partial charge in [0, 0.05) is 25.4 Å². The molecule has 1 heterocycles.